The van der Waals surface area contributed by atoms with Crippen molar-refractivity contribution in [3.05, 3.63) is 0 Å². The molecule has 30 atom stereocenters. The smallest absolute Gasteiger partial charge is 0.187 e. The number of aliphatic hydroxyl groups is 1. The largest absolute Gasteiger partial charge is 0.382 e. The molecule has 6 aliphatic heterocycles. The van der Waals surface area contributed by atoms with E-state index >= 15 is 0 Å². The third-order valence-corrected chi connectivity index (χ3v) is 16.5. The van der Waals surface area contributed by atoms with Crippen LogP contribution in [0.3, 0.4) is 0 Å². The molecule has 0 spiro atoms. The first-order valence-corrected chi connectivity index (χ1v) is 28.4. The van der Waals surface area contributed by atoms with Crippen molar-refractivity contribution in [2.24, 2.45) is 0 Å². The zero-order valence-corrected chi connectivity index (χ0v) is 53.3. The van der Waals surface area contributed by atoms with Gasteiger partial charge in [0.1, 0.15) is 146 Å². The highest BCUT2D eigenvalue weighted by atomic mass is 16.8. The zero-order chi connectivity index (χ0) is 62.8. The van der Waals surface area contributed by atoms with Gasteiger partial charge in [0.05, 0.1) is 39.6 Å². The first-order chi connectivity index (χ1) is 41.8. The highest BCUT2D eigenvalue weighted by Gasteiger charge is 2.60. The highest BCUT2D eigenvalue weighted by Crippen LogP contribution is 2.41. The summed E-state index contributed by atoms with van der Waals surface area (Å²) in [7, 11) is 28.7. The van der Waals surface area contributed by atoms with E-state index in [2.05, 4.69) is 0 Å². The van der Waals surface area contributed by atoms with Gasteiger partial charge in [-0.05, 0) is 0 Å². The lowest BCUT2D eigenvalue weighted by atomic mass is 9.94. The van der Waals surface area contributed by atoms with Crippen LogP contribution in [-0.2, 0) is 142 Å². The molecule has 0 aromatic heterocycles. The Kier molecular flexibility index (Phi) is 31.6. The molecule has 6 rings (SSSR count). The Bertz CT molecular complexity index is 1840. The molecule has 86 heavy (non-hydrogen) atoms. The summed E-state index contributed by atoms with van der Waals surface area (Å²) in [5.41, 5.74) is 0. The second-order valence-electron chi connectivity index (χ2n) is 21.1. The minimum absolute atomic E-state index is 0.00515. The molecule has 1 N–H and O–H groups in total. The van der Waals surface area contributed by atoms with Crippen molar-refractivity contribution in [1.82, 2.24) is 0 Å². The van der Waals surface area contributed by atoms with Crippen LogP contribution in [-0.4, -0.2) is 364 Å². The second-order valence-corrected chi connectivity index (χ2v) is 21.1. The molecule has 6 fully saturated rings. The van der Waals surface area contributed by atoms with Crippen LogP contribution in [0.5, 0.6) is 0 Å². The molecule has 0 bridgehead atoms. The molecule has 0 saturated carbocycles. The number of rotatable bonds is 35. The van der Waals surface area contributed by atoms with Crippen molar-refractivity contribution in [2.75, 3.05) is 175 Å². The van der Waals surface area contributed by atoms with Gasteiger partial charge in [-0.25, -0.2) is 0 Å². The molecule has 6 aliphatic rings. The minimum Gasteiger partial charge on any atom is -0.382 e. The molecule has 0 amide bonds. The summed E-state index contributed by atoms with van der Waals surface area (Å²) in [4.78, 5) is 0. The van der Waals surface area contributed by atoms with Gasteiger partial charge in [0.2, 0.25) is 0 Å². The maximum atomic E-state index is 10.8. The lowest BCUT2D eigenvalue weighted by Crippen LogP contribution is -2.69. The molecule has 506 valence electrons. The van der Waals surface area contributed by atoms with E-state index in [1.165, 1.54) is 114 Å². The van der Waals surface area contributed by atoms with Crippen LogP contribution in [0.4, 0.5) is 0 Å². The first kappa shape index (κ1) is 73.8. The monoisotopic (exact) mass is 1260 g/mol. The number of hydrogen-bond donors (Lipinski definition) is 1. The van der Waals surface area contributed by atoms with Crippen molar-refractivity contribution in [3.8, 4) is 0 Å². The fraction of sp³-hybridized carbons (Fsp3) is 1.00. The number of aliphatic hydroxyl groups excluding tert-OH is 1. The summed E-state index contributed by atoms with van der Waals surface area (Å²) in [6, 6.07) is 0. The Morgan fingerprint density at radius 2 is 0.360 bits per heavy atom. The summed E-state index contributed by atoms with van der Waals surface area (Å²) in [6.07, 6.45) is -27.8. The number of ether oxygens (including phenoxy) is 30. The van der Waals surface area contributed by atoms with Crippen LogP contribution in [0, 0.1) is 0 Å². The second kappa shape index (κ2) is 36.9. The molecule has 0 aliphatic carbocycles. The fourth-order valence-corrected chi connectivity index (χ4v) is 12.6. The third kappa shape index (κ3) is 16.6. The van der Waals surface area contributed by atoms with Gasteiger partial charge in [0.15, 0.2) is 37.7 Å². The van der Waals surface area contributed by atoms with E-state index in [4.69, 9.17) is 142 Å². The third-order valence-electron chi connectivity index (χ3n) is 16.5. The van der Waals surface area contributed by atoms with E-state index in [1.54, 1.807) is 21.3 Å². The van der Waals surface area contributed by atoms with Crippen LogP contribution in [0.1, 0.15) is 0 Å². The van der Waals surface area contributed by atoms with Crippen LogP contribution < -0.4 is 0 Å². The van der Waals surface area contributed by atoms with E-state index in [9.17, 15) is 5.11 Å². The van der Waals surface area contributed by atoms with Crippen LogP contribution >= 0.6 is 0 Å². The Hall–Kier alpha value is -1.24. The Morgan fingerprint density at radius 3 is 0.547 bits per heavy atom. The van der Waals surface area contributed by atoms with Crippen LogP contribution in [0.2, 0.25) is 0 Å². The predicted octanol–water partition coefficient (Wildman–Crippen LogP) is -1.67. The number of methoxy groups -OCH3 is 19. The Labute approximate surface area is 505 Å². The quantitative estimate of drug-likeness (QED) is 0.0742. The molecule has 31 heteroatoms. The zero-order valence-electron chi connectivity index (χ0n) is 53.3. The molecular formula is C55H100O31. The summed E-state index contributed by atoms with van der Waals surface area (Å²) < 4.78 is 186. The van der Waals surface area contributed by atoms with Gasteiger partial charge < -0.3 is 147 Å². The average Bonchev–Trinajstić information content (AvgIpc) is 1.35. The van der Waals surface area contributed by atoms with Gasteiger partial charge in [0, 0.05) is 135 Å². The standard InChI is InChI=1S/C55H100O31/c1-57-20-26-32(63-7)38(64-8)45(71-15)51(77-26)83-34-28(22-59-3)79-53(47(73-17)40(34)66-10)85-36-30(24-61-5)81-55(49(75-19)42(36)68-12)86-37-31(25-62-6)80-54(48(74-18)43(37)69-13)84-35-29(23-60-4)78-52(46(72-16)41(35)67-11)82-33-27(21-58-2)76-50(56)44(70-14)39(33)65-9/h26-56H,20-25H2,1-19H3/t26-,27+,28-,29+,30-,31+,32-,33+,34-,35+,36-,37+,38-,39+,40-,41+,42-,43+,44-,45+,46-,47+,48-,49+,50+,51-,52+,53-,54+,55-/m0/s1. The molecule has 0 unspecified atom stereocenters. The summed E-state index contributed by atoms with van der Waals surface area (Å²) in [6.45, 7) is 0.191. The minimum atomic E-state index is -1.34. The van der Waals surface area contributed by atoms with E-state index in [-0.39, 0.29) is 39.6 Å². The molecule has 6 heterocycles. The first-order valence-electron chi connectivity index (χ1n) is 28.4. The average molecular weight is 1260 g/mol. The van der Waals surface area contributed by atoms with E-state index in [1.807, 2.05) is 0 Å². The van der Waals surface area contributed by atoms with Gasteiger partial charge >= 0.3 is 0 Å². The van der Waals surface area contributed by atoms with Crippen molar-refractivity contribution in [1.29, 1.82) is 0 Å². The van der Waals surface area contributed by atoms with Crippen LogP contribution in [0.15, 0.2) is 0 Å². The van der Waals surface area contributed by atoms with Gasteiger partial charge in [0.25, 0.3) is 0 Å². The lowest BCUT2D eigenvalue weighted by molar-refractivity contribution is -0.402. The van der Waals surface area contributed by atoms with Crippen molar-refractivity contribution < 1.29 is 147 Å². The molecule has 6 saturated heterocycles. The van der Waals surface area contributed by atoms with Crippen molar-refractivity contribution in [2.45, 2.75) is 184 Å². The maximum absolute atomic E-state index is 10.8. The normalized spacial score (nSPS) is 44.2. The number of hydrogen-bond acceptors (Lipinski definition) is 31. The van der Waals surface area contributed by atoms with Gasteiger partial charge in [-0.15, -0.1) is 0 Å². The lowest BCUT2D eigenvalue weighted by Gasteiger charge is -2.52. The predicted molar refractivity (Wildman–Crippen MR) is 290 cm³/mol. The Balaban J connectivity index is 1.24. The van der Waals surface area contributed by atoms with Crippen molar-refractivity contribution >= 4 is 0 Å². The van der Waals surface area contributed by atoms with Crippen LogP contribution in [0.25, 0.3) is 0 Å². The SMILES string of the molecule is COC[C@@H]1O[C@@H](O[C@@H]2[C@H](OC)[C@@H](OC)[C@H](O[C@@H]3[C@H](OC)[C@@H](OC)[C@H](O[C@H]4[C@@H](OC)[C@H](OC)[C@@H](O[C@H]5[C@@H](OC)[C@H](OC)[C@@H](O[C@H]6[C@@H](OC)[C@H](OC)[C@H](O)O[C@@H]6COC)O[C@@H]5COC)O[C@@H]4COC)O[C@H]3COC)O[C@H]2COC)[C@H](OC)[C@@H](OC)[C@H]1OC. The fourth-order valence-electron chi connectivity index (χ4n) is 12.6. The van der Waals surface area contributed by atoms with Gasteiger partial charge in [-0.1, -0.05) is 0 Å². The molecule has 31 nitrogen and oxygen atoms in total. The van der Waals surface area contributed by atoms with Gasteiger partial charge in [-0.3, -0.25) is 0 Å². The molecular weight excluding hydrogens is 1160 g/mol. The molecule has 0 aromatic carbocycles. The summed E-state index contributed by atoms with van der Waals surface area (Å²) >= 11 is 0. The summed E-state index contributed by atoms with van der Waals surface area (Å²) in [5, 5.41) is 10.8. The summed E-state index contributed by atoms with van der Waals surface area (Å²) in [5.74, 6) is 0. The van der Waals surface area contributed by atoms with E-state index in [0.29, 0.717) is 0 Å². The topological polar surface area (TPSA) is 297 Å². The van der Waals surface area contributed by atoms with E-state index in [0.717, 1.165) is 0 Å². The maximum Gasteiger partial charge on any atom is 0.187 e. The van der Waals surface area contributed by atoms with Gasteiger partial charge in [-0.2, -0.15) is 0 Å². The highest BCUT2D eigenvalue weighted by molar-refractivity contribution is 5.02. The van der Waals surface area contributed by atoms with Crippen molar-refractivity contribution in [3.63, 3.8) is 0 Å². The molecule has 0 radical (unpaired) electrons. The Morgan fingerprint density at radius 1 is 0.198 bits per heavy atom. The molecule has 0 aromatic rings. The van der Waals surface area contributed by atoms with E-state index < -0.39 is 184 Å².